The Labute approximate surface area is 145 Å². The summed E-state index contributed by atoms with van der Waals surface area (Å²) >= 11 is 5.55. The number of likely N-dealkylation sites (tertiary alicyclic amines) is 1. The zero-order chi connectivity index (χ0) is 16.5. The molecule has 0 atom stereocenters. The van der Waals surface area contributed by atoms with Crippen LogP contribution in [0.3, 0.4) is 0 Å². The largest absolute Gasteiger partial charge is 0.353 e. The first-order chi connectivity index (χ1) is 11.7. The summed E-state index contributed by atoms with van der Waals surface area (Å²) in [6, 6.07) is 8.26. The Morgan fingerprint density at radius 3 is 2.71 bits per heavy atom. The highest BCUT2D eigenvalue weighted by atomic mass is 32.1. The van der Waals surface area contributed by atoms with Crippen molar-refractivity contribution in [2.75, 3.05) is 13.1 Å². The molecule has 1 aromatic heterocycles. The van der Waals surface area contributed by atoms with Gasteiger partial charge >= 0.3 is 0 Å². The number of nitrogens with zero attached hydrogens (tertiary/aromatic N) is 4. The van der Waals surface area contributed by atoms with Crippen molar-refractivity contribution < 1.29 is 4.79 Å². The van der Waals surface area contributed by atoms with Gasteiger partial charge < -0.3 is 5.32 Å². The molecule has 0 bridgehead atoms. The van der Waals surface area contributed by atoms with Crippen LogP contribution in [0, 0.1) is 10.6 Å². The Kier molecular flexibility index (Phi) is 4.28. The number of nitrogens with one attached hydrogen (secondary N) is 1. The van der Waals surface area contributed by atoms with Gasteiger partial charge in [-0.15, -0.1) is 5.10 Å². The molecule has 7 heteroatoms. The molecule has 4 rings (SSSR count). The lowest BCUT2D eigenvalue weighted by Crippen LogP contribution is -2.42. The molecule has 0 spiro atoms. The Bertz CT molecular complexity index is 808. The molecule has 2 fully saturated rings. The van der Waals surface area contributed by atoms with E-state index in [9.17, 15) is 4.79 Å². The minimum atomic E-state index is 0.150. The molecule has 1 saturated carbocycles. The summed E-state index contributed by atoms with van der Waals surface area (Å²) in [6.07, 6.45) is 4.08. The van der Waals surface area contributed by atoms with E-state index in [0.29, 0.717) is 17.4 Å². The van der Waals surface area contributed by atoms with Crippen LogP contribution < -0.4 is 5.32 Å². The second-order valence-corrected chi connectivity index (χ2v) is 7.11. The molecule has 1 aliphatic heterocycles. The highest BCUT2D eigenvalue weighted by molar-refractivity contribution is 7.71. The van der Waals surface area contributed by atoms with Gasteiger partial charge in [-0.2, -0.15) is 0 Å². The van der Waals surface area contributed by atoms with Crippen LogP contribution in [0.2, 0.25) is 0 Å². The molecule has 2 heterocycles. The van der Waals surface area contributed by atoms with Crippen LogP contribution in [0.25, 0.3) is 10.9 Å². The fraction of sp³-hybridized carbons (Fsp3) is 0.529. The number of aromatic nitrogens is 3. The Hall–Kier alpha value is -1.86. The van der Waals surface area contributed by atoms with Gasteiger partial charge in [-0.1, -0.05) is 29.6 Å². The SMILES string of the molecule is O=C(NC1CC1)C1CCN(Cn2nnc3ccccc3c2=S)CC1. The summed E-state index contributed by atoms with van der Waals surface area (Å²) in [5.41, 5.74) is 0.828. The molecule has 6 nitrogen and oxygen atoms in total. The topological polar surface area (TPSA) is 63.1 Å². The lowest BCUT2D eigenvalue weighted by atomic mass is 9.96. The molecule has 1 N–H and O–H groups in total. The molecular formula is C17H21N5OS. The van der Waals surface area contributed by atoms with Crippen molar-refractivity contribution in [3.05, 3.63) is 28.9 Å². The fourth-order valence-electron chi connectivity index (χ4n) is 3.19. The molecule has 0 radical (unpaired) electrons. The molecule has 1 amide bonds. The maximum atomic E-state index is 12.1. The van der Waals surface area contributed by atoms with Crippen LogP contribution in [0.15, 0.2) is 24.3 Å². The molecule has 2 aliphatic rings. The maximum absolute atomic E-state index is 12.1. The molecule has 1 aliphatic carbocycles. The molecule has 24 heavy (non-hydrogen) atoms. The van der Waals surface area contributed by atoms with Crippen LogP contribution in [0.5, 0.6) is 0 Å². The zero-order valence-electron chi connectivity index (χ0n) is 13.5. The smallest absolute Gasteiger partial charge is 0.223 e. The predicted octanol–water partition coefficient (Wildman–Crippen LogP) is 2.11. The minimum absolute atomic E-state index is 0.150. The van der Waals surface area contributed by atoms with Crippen LogP contribution in [0.4, 0.5) is 0 Å². The number of hydrogen-bond acceptors (Lipinski definition) is 5. The number of piperidine rings is 1. The third-order valence-corrected chi connectivity index (χ3v) is 5.28. The monoisotopic (exact) mass is 343 g/mol. The molecule has 2 aromatic rings. The van der Waals surface area contributed by atoms with E-state index in [1.54, 1.807) is 4.68 Å². The quantitative estimate of drug-likeness (QED) is 0.862. The number of rotatable bonds is 4. The summed E-state index contributed by atoms with van der Waals surface area (Å²) in [7, 11) is 0. The molecular weight excluding hydrogens is 322 g/mol. The predicted molar refractivity (Wildman–Crippen MR) is 93.8 cm³/mol. The van der Waals surface area contributed by atoms with Gasteiger partial charge in [0.2, 0.25) is 5.91 Å². The number of carbonyl (C=O) groups excluding carboxylic acids is 1. The first kappa shape index (κ1) is 15.7. The fourth-order valence-corrected chi connectivity index (χ4v) is 3.46. The number of carbonyl (C=O) groups is 1. The zero-order valence-corrected chi connectivity index (χ0v) is 14.3. The second kappa shape index (κ2) is 6.57. The Morgan fingerprint density at radius 1 is 1.21 bits per heavy atom. The molecule has 0 unspecified atom stereocenters. The standard InChI is InChI=1S/C17H21N5OS/c23-16(18-13-5-6-13)12-7-9-21(10-8-12)11-22-17(24)14-3-1-2-4-15(14)19-20-22/h1-4,12-13H,5-11H2,(H,18,23). The van der Waals surface area contributed by atoms with E-state index in [-0.39, 0.29) is 11.8 Å². The first-order valence-electron chi connectivity index (χ1n) is 8.56. The van der Waals surface area contributed by atoms with Gasteiger partial charge in [-0.25, -0.2) is 4.68 Å². The van der Waals surface area contributed by atoms with Crippen molar-refractivity contribution >= 4 is 29.0 Å². The number of benzene rings is 1. The third-order valence-electron chi connectivity index (χ3n) is 4.85. The van der Waals surface area contributed by atoms with Crippen LogP contribution in [-0.4, -0.2) is 44.9 Å². The van der Waals surface area contributed by atoms with E-state index < -0.39 is 0 Å². The van der Waals surface area contributed by atoms with Gasteiger partial charge in [0.1, 0.15) is 4.64 Å². The van der Waals surface area contributed by atoms with Crippen molar-refractivity contribution in [1.82, 2.24) is 25.2 Å². The van der Waals surface area contributed by atoms with Crippen LogP contribution >= 0.6 is 12.2 Å². The van der Waals surface area contributed by atoms with E-state index in [0.717, 1.165) is 49.7 Å². The number of amides is 1. The third kappa shape index (κ3) is 3.32. The van der Waals surface area contributed by atoms with Crippen LogP contribution in [-0.2, 0) is 11.5 Å². The summed E-state index contributed by atoms with van der Waals surface area (Å²) in [5, 5.41) is 12.6. The van der Waals surface area contributed by atoms with Crippen molar-refractivity contribution in [1.29, 1.82) is 0 Å². The number of fused-ring (bicyclic) bond motifs is 1. The summed E-state index contributed by atoms with van der Waals surface area (Å²) in [6.45, 7) is 2.41. The van der Waals surface area contributed by atoms with Gasteiger partial charge in [-0.3, -0.25) is 9.69 Å². The Morgan fingerprint density at radius 2 is 1.96 bits per heavy atom. The molecule has 1 saturated heterocycles. The van der Waals surface area contributed by atoms with E-state index in [4.69, 9.17) is 12.2 Å². The maximum Gasteiger partial charge on any atom is 0.223 e. The van der Waals surface area contributed by atoms with E-state index in [2.05, 4.69) is 20.5 Å². The molecule has 126 valence electrons. The lowest BCUT2D eigenvalue weighted by Gasteiger charge is -2.31. The van der Waals surface area contributed by atoms with E-state index >= 15 is 0 Å². The average Bonchev–Trinajstić information content (AvgIpc) is 3.42. The van der Waals surface area contributed by atoms with Gasteiger partial charge in [0.15, 0.2) is 0 Å². The summed E-state index contributed by atoms with van der Waals surface area (Å²) in [4.78, 5) is 14.4. The number of hydrogen-bond donors (Lipinski definition) is 1. The van der Waals surface area contributed by atoms with Crippen molar-refractivity contribution in [2.45, 2.75) is 38.4 Å². The summed E-state index contributed by atoms with van der Waals surface area (Å²) in [5.74, 6) is 0.386. The summed E-state index contributed by atoms with van der Waals surface area (Å²) < 4.78 is 2.50. The van der Waals surface area contributed by atoms with Crippen molar-refractivity contribution in [3.8, 4) is 0 Å². The first-order valence-corrected chi connectivity index (χ1v) is 8.97. The average molecular weight is 343 g/mol. The van der Waals surface area contributed by atoms with Crippen molar-refractivity contribution in [3.63, 3.8) is 0 Å². The molecule has 1 aromatic carbocycles. The highest BCUT2D eigenvalue weighted by Gasteiger charge is 2.29. The van der Waals surface area contributed by atoms with E-state index in [1.165, 1.54) is 0 Å². The Balaban J connectivity index is 1.39. The van der Waals surface area contributed by atoms with Gasteiger partial charge in [0, 0.05) is 30.4 Å². The second-order valence-electron chi connectivity index (χ2n) is 6.73. The highest BCUT2D eigenvalue weighted by Crippen LogP contribution is 2.23. The van der Waals surface area contributed by atoms with Gasteiger partial charge in [0.05, 0.1) is 12.2 Å². The van der Waals surface area contributed by atoms with Gasteiger partial charge in [-0.05, 0) is 37.8 Å². The van der Waals surface area contributed by atoms with E-state index in [1.807, 2.05) is 24.3 Å². The van der Waals surface area contributed by atoms with Gasteiger partial charge in [0.25, 0.3) is 0 Å². The van der Waals surface area contributed by atoms with Crippen LogP contribution in [0.1, 0.15) is 25.7 Å². The normalized spacial score (nSPS) is 19.5. The minimum Gasteiger partial charge on any atom is -0.353 e. The van der Waals surface area contributed by atoms with Crippen molar-refractivity contribution in [2.24, 2.45) is 5.92 Å². The lowest BCUT2D eigenvalue weighted by molar-refractivity contribution is -0.126.